The molecule has 3 fully saturated rings. The molecule has 3 aliphatic rings. The van der Waals surface area contributed by atoms with Gasteiger partial charge in [0.1, 0.15) is 59.4 Å². The number of nitrogens with two attached hydrogens (primary N) is 1. The summed E-state index contributed by atoms with van der Waals surface area (Å²) in [6.45, 7) is 4.06. The first-order valence-corrected chi connectivity index (χ1v) is 17.6. The van der Waals surface area contributed by atoms with Gasteiger partial charge in [-0.3, -0.25) is 4.90 Å². The molecule has 8 nitrogen and oxygen atoms in total. The van der Waals surface area contributed by atoms with Gasteiger partial charge in [-0.15, -0.1) is 11.8 Å². The zero-order valence-corrected chi connectivity index (χ0v) is 27.5. The summed E-state index contributed by atoms with van der Waals surface area (Å²) in [5.74, 6) is -0.228. The van der Waals surface area contributed by atoms with Gasteiger partial charge in [-0.05, 0) is 84.5 Å². The normalized spacial score (nSPS) is 31.6. The molecule has 4 unspecified atom stereocenters. The lowest BCUT2D eigenvalue weighted by Crippen LogP contribution is -2.52. The summed E-state index contributed by atoms with van der Waals surface area (Å²) in [4.78, 5) is 2.31. The minimum Gasteiger partial charge on any atom is -0.489 e. The zero-order valence-electron chi connectivity index (χ0n) is 26.7. The van der Waals surface area contributed by atoms with E-state index in [1.165, 1.54) is 23.4 Å². The Kier molecular flexibility index (Phi) is 10.8. The first-order valence-electron chi connectivity index (χ1n) is 16.3. The molecule has 9 atom stereocenters. The second-order valence-corrected chi connectivity index (χ2v) is 13.8. The van der Waals surface area contributed by atoms with E-state index >= 15 is 0 Å². The van der Waals surface area contributed by atoms with Crippen LogP contribution in [0.3, 0.4) is 0 Å². The quantitative estimate of drug-likeness (QED) is 0.265. The van der Waals surface area contributed by atoms with Gasteiger partial charge >= 0.3 is 0 Å². The maximum atomic E-state index is 14.3. The van der Waals surface area contributed by atoms with Crippen molar-refractivity contribution in [2.75, 3.05) is 26.0 Å². The lowest BCUT2D eigenvalue weighted by molar-refractivity contribution is -0.200. The van der Waals surface area contributed by atoms with Gasteiger partial charge in [0.15, 0.2) is 0 Å². The third-order valence-electron chi connectivity index (χ3n) is 9.72. The molecule has 0 saturated carbocycles. The highest BCUT2D eigenvalue weighted by Crippen LogP contribution is 2.37. The van der Waals surface area contributed by atoms with Crippen LogP contribution < -0.4 is 10.5 Å². The van der Waals surface area contributed by atoms with Gasteiger partial charge in [0.05, 0.1) is 6.61 Å². The molecule has 47 heavy (non-hydrogen) atoms. The summed E-state index contributed by atoms with van der Waals surface area (Å²) in [7, 11) is 0. The van der Waals surface area contributed by atoms with E-state index in [0.717, 1.165) is 60.5 Å². The monoisotopic (exact) mass is 670 g/mol. The number of aryl methyl sites for hydroxylation is 1. The lowest BCUT2D eigenvalue weighted by Gasteiger charge is -2.40. The number of rotatable bonds is 9. The average Bonchev–Trinajstić information content (AvgIpc) is 3.54. The van der Waals surface area contributed by atoms with Crippen molar-refractivity contribution in [3.8, 4) is 5.75 Å². The third kappa shape index (κ3) is 7.52. The number of aliphatic hydroxyl groups excluding tert-OH is 3. The molecule has 0 aliphatic carbocycles. The van der Waals surface area contributed by atoms with Crippen LogP contribution >= 0.6 is 11.8 Å². The number of hydrogen-bond acceptors (Lipinski definition) is 9. The molecule has 3 aromatic carbocycles. The maximum Gasteiger partial charge on any atom is 0.132 e. The van der Waals surface area contributed by atoms with E-state index in [1.807, 2.05) is 30.3 Å². The van der Waals surface area contributed by atoms with Crippen molar-refractivity contribution in [1.82, 2.24) is 4.90 Å². The van der Waals surface area contributed by atoms with Gasteiger partial charge in [0, 0.05) is 30.7 Å². The minimum absolute atomic E-state index is 0.0136. The molecule has 3 saturated heterocycles. The molecular weight excluding hydrogens is 626 g/mol. The summed E-state index contributed by atoms with van der Waals surface area (Å²) < 4.78 is 46.4. The molecule has 3 aliphatic heterocycles. The molecule has 6 rings (SSSR count). The molecule has 0 aromatic heterocycles. The van der Waals surface area contributed by atoms with Gasteiger partial charge in [-0.25, -0.2) is 8.78 Å². The smallest absolute Gasteiger partial charge is 0.132 e. The van der Waals surface area contributed by atoms with Gasteiger partial charge in [0.25, 0.3) is 0 Å². The van der Waals surface area contributed by atoms with Crippen LogP contribution in [0.1, 0.15) is 59.8 Å². The van der Waals surface area contributed by atoms with Crippen LogP contribution in [0.2, 0.25) is 0 Å². The number of aliphatic hydroxyl groups is 3. The Morgan fingerprint density at radius 1 is 0.957 bits per heavy atom. The second-order valence-electron chi connectivity index (χ2n) is 12.8. The van der Waals surface area contributed by atoms with Crippen LogP contribution in [0.4, 0.5) is 8.78 Å². The fourth-order valence-corrected chi connectivity index (χ4v) is 7.75. The molecule has 5 N–H and O–H groups in total. The molecule has 0 radical (unpaired) electrons. The highest BCUT2D eigenvalue weighted by molar-refractivity contribution is 7.99. The molecule has 0 spiro atoms. The van der Waals surface area contributed by atoms with Crippen LogP contribution in [0, 0.1) is 11.6 Å². The Morgan fingerprint density at radius 2 is 1.74 bits per heavy atom. The van der Waals surface area contributed by atoms with E-state index in [9.17, 15) is 24.1 Å². The molecular formula is C36H44F2N2O6S. The summed E-state index contributed by atoms with van der Waals surface area (Å²) in [5, 5.41) is 31.4. The number of thioether (sulfide) groups is 1. The maximum absolute atomic E-state index is 14.3. The van der Waals surface area contributed by atoms with Gasteiger partial charge in [-0.2, -0.15) is 0 Å². The number of likely N-dealkylation sites (tertiary alicyclic amines) is 1. The Balaban J connectivity index is 1.05. The Bertz CT molecular complexity index is 1510. The van der Waals surface area contributed by atoms with Crippen molar-refractivity contribution in [1.29, 1.82) is 0 Å². The lowest BCUT2D eigenvalue weighted by atomic mass is 9.90. The van der Waals surface area contributed by atoms with Crippen molar-refractivity contribution in [2.45, 2.75) is 86.8 Å². The van der Waals surface area contributed by atoms with E-state index in [0.29, 0.717) is 19.4 Å². The topological polar surface area (TPSA) is 118 Å². The Labute approximate surface area is 278 Å². The van der Waals surface area contributed by atoms with Crippen LogP contribution in [0.5, 0.6) is 5.75 Å². The van der Waals surface area contributed by atoms with Gasteiger partial charge in [0.2, 0.25) is 0 Å². The SMILES string of the molecule is CCc1ccc([C@@H]2O[C@H](SC)[C@@H](O)[C@H](O)[C@H]2O)cc1Cc1ccc(OC2CCN(C3COC(c4cc(F)ccc4F)C(N)C3)C2)cc1. The van der Waals surface area contributed by atoms with Crippen molar-refractivity contribution < 1.29 is 38.3 Å². The fourth-order valence-electron chi connectivity index (χ4n) is 7.08. The van der Waals surface area contributed by atoms with E-state index < -0.39 is 53.6 Å². The van der Waals surface area contributed by atoms with Crippen molar-refractivity contribution in [3.05, 3.63) is 100 Å². The predicted octanol–water partition coefficient (Wildman–Crippen LogP) is 4.27. The van der Waals surface area contributed by atoms with Gasteiger partial charge < -0.3 is 35.3 Å². The summed E-state index contributed by atoms with van der Waals surface area (Å²) >= 11 is 1.30. The number of nitrogens with zero attached hydrogens (tertiary/aromatic N) is 1. The van der Waals surface area contributed by atoms with E-state index in [-0.39, 0.29) is 17.7 Å². The number of ether oxygens (including phenoxy) is 3. The zero-order chi connectivity index (χ0) is 33.2. The second kappa shape index (κ2) is 14.9. The van der Waals surface area contributed by atoms with E-state index in [4.69, 9.17) is 19.9 Å². The molecule has 3 heterocycles. The first kappa shape index (κ1) is 34.3. The standard InChI is InChI=1S/C36H44F2N2O6S/c1-3-21-6-7-22(34-32(42)31(41)33(43)36(46-34)47-2)15-23(21)14-20-4-9-26(10-5-20)45-27-12-13-40(18-27)25-17-30(39)35(44-19-25)28-16-24(37)8-11-29(28)38/h4-11,15-16,25,27,30-36,41-43H,3,12-14,17-19,39H2,1-2H3/t25?,27?,30?,31-,32-,33+,34+,35?,36-/m1/s1. The Morgan fingerprint density at radius 3 is 2.47 bits per heavy atom. The van der Waals surface area contributed by atoms with Crippen LogP contribution in [-0.4, -0.2) is 88.1 Å². The van der Waals surface area contributed by atoms with E-state index in [2.05, 4.69) is 24.0 Å². The molecule has 11 heteroatoms. The van der Waals surface area contributed by atoms with E-state index in [1.54, 1.807) is 6.26 Å². The van der Waals surface area contributed by atoms with Crippen LogP contribution in [-0.2, 0) is 22.3 Å². The fraction of sp³-hybridized carbons (Fsp3) is 0.500. The number of hydrogen-bond donors (Lipinski definition) is 4. The van der Waals surface area contributed by atoms with Crippen LogP contribution in [0.25, 0.3) is 0 Å². The third-order valence-corrected chi connectivity index (χ3v) is 10.6. The van der Waals surface area contributed by atoms with Crippen molar-refractivity contribution >= 4 is 11.8 Å². The van der Waals surface area contributed by atoms with Crippen molar-refractivity contribution in [2.24, 2.45) is 5.73 Å². The summed E-state index contributed by atoms with van der Waals surface area (Å²) in [6.07, 6.45) is -0.289. The molecule has 0 amide bonds. The molecule has 254 valence electrons. The Hall–Kier alpha value is -2.61. The predicted molar refractivity (Wildman–Crippen MR) is 176 cm³/mol. The minimum atomic E-state index is -1.29. The molecule has 3 aromatic rings. The average molecular weight is 671 g/mol. The highest BCUT2D eigenvalue weighted by Gasteiger charge is 2.44. The van der Waals surface area contributed by atoms with Crippen LogP contribution in [0.15, 0.2) is 60.7 Å². The summed E-state index contributed by atoms with van der Waals surface area (Å²) in [5.41, 5.74) is 10.1. The number of benzene rings is 3. The summed E-state index contributed by atoms with van der Waals surface area (Å²) in [6, 6.07) is 17.1. The highest BCUT2D eigenvalue weighted by atomic mass is 32.2. The number of halogens is 2. The van der Waals surface area contributed by atoms with Gasteiger partial charge in [-0.1, -0.05) is 37.3 Å². The first-order chi connectivity index (χ1) is 22.6. The van der Waals surface area contributed by atoms with Crippen molar-refractivity contribution in [3.63, 3.8) is 0 Å². The largest absolute Gasteiger partial charge is 0.489 e. The molecule has 0 bridgehead atoms.